The number of hydrogen-bond acceptors (Lipinski definition) is 8. The van der Waals surface area contributed by atoms with Gasteiger partial charge in [-0.15, -0.1) is 0 Å². The molecule has 2 unspecified atom stereocenters. The van der Waals surface area contributed by atoms with E-state index in [1.165, 1.54) is 18.9 Å². The largest absolute Gasteiger partial charge is 0.508 e. The number of carbonyl (C=O) groups excluding carboxylic acids is 2. The molecule has 2 aromatic carbocycles. The first-order valence-corrected chi connectivity index (χ1v) is 12.0. The van der Waals surface area contributed by atoms with E-state index >= 15 is 0 Å². The highest BCUT2D eigenvalue weighted by Gasteiger charge is 2.48. The minimum atomic E-state index is -0.693. The van der Waals surface area contributed by atoms with Crippen molar-refractivity contribution in [1.82, 2.24) is 10.2 Å². The molecule has 4 rings (SSSR count). The second-order valence-corrected chi connectivity index (χ2v) is 9.56. The van der Waals surface area contributed by atoms with E-state index < -0.39 is 17.5 Å². The van der Waals surface area contributed by atoms with Gasteiger partial charge in [0.05, 0.1) is 36.8 Å². The summed E-state index contributed by atoms with van der Waals surface area (Å²) < 4.78 is 16.5. The molecule has 1 fully saturated rings. The third-order valence-corrected chi connectivity index (χ3v) is 6.81. The SMILES string of the molecule is COC(=O)C1=C(C)NC2S/C(=C\c3ccc(O)cc3)C(=O)N2C1c1ccc(OC(C)C)c(OC)c1. The molecule has 35 heavy (non-hydrogen) atoms. The first kappa shape index (κ1) is 24.5. The maximum Gasteiger partial charge on any atom is 0.337 e. The molecule has 2 N–H and O–H groups in total. The van der Waals surface area contributed by atoms with Crippen LogP contribution in [0.1, 0.15) is 37.9 Å². The number of aromatic hydroxyl groups is 1. The number of fused-ring (bicyclic) bond motifs is 1. The fraction of sp³-hybridized carbons (Fsp3) is 0.308. The number of carbonyl (C=O) groups is 2. The smallest absolute Gasteiger partial charge is 0.337 e. The normalized spacial score (nSPS) is 20.7. The molecule has 9 heteroatoms. The van der Waals surface area contributed by atoms with Crippen molar-refractivity contribution >= 4 is 29.7 Å². The van der Waals surface area contributed by atoms with E-state index in [-0.39, 0.29) is 17.8 Å². The Hall–Kier alpha value is -3.59. The number of amides is 1. The van der Waals surface area contributed by atoms with Crippen molar-refractivity contribution in [2.75, 3.05) is 14.2 Å². The van der Waals surface area contributed by atoms with Crippen LogP contribution in [0.15, 0.2) is 58.6 Å². The molecule has 184 valence electrons. The molecule has 2 aromatic rings. The lowest BCUT2D eigenvalue weighted by Crippen LogP contribution is -2.49. The van der Waals surface area contributed by atoms with E-state index in [1.54, 1.807) is 61.4 Å². The lowest BCUT2D eigenvalue weighted by atomic mass is 9.93. The van der Waals surface area contributed by atoms with Crippen LogP contribution in [0.3, 0.4) is 0 Å². The zero-order valence-electron chi connectivity index (χ0n) is 20.2. The molecular weight excluding hydrogens is 468 g/mol. The van der Waals surface area contributed by atoms with Crippen LogP contribution in [-0.2, 0) is 14.3 Å². The Morgan fingerprint density at radius 1 is 1.14 bits per heavy atom. The lowest BCUT2D eigenvalue weighted by molar-refractivity contribution is -0.138. The van der Waals surface area contributed by atoms with Gasteiger partial charge < -0.3 is 24.6 Å². The number of ether oxygens (including phenoxy) is 3. The Kier molecular flexibility index (Phi) is 6.98. The monoisotopic (exact) mass is 496 g/mol. The molecule has 1 amide bonds. The van der Waals surface area contributed by atoms with Crippen molar-refractivity contribution in [2.45, 2.75) is 38.4 Å². The molecule has 2 heterocycles. The lowest BCUT2D eigenvalue weighted by Gasteiger charge is -2.39. The number of methoxy groups -OCH3 is 2. The number of nitrogens with zero attached hydrogens (tertiary/aromatic N) is 1. The fourth-order valence-corrected chi connectivity index (χ4v) is 5.36. The van der Waals surface area contributed by atoms with Gasteiger partial charge in [-0.3, -0.25) is 9.69 Å². The van der Waals surface area contributed by atoms with Crippen molar-refractivity contribution < 1.29 is 28.9 Å². The maximum absolute atomic E-state index is 13.6. The molecule has 1 saturated heterocycles. The first-order chi connectivity index (χ1) is 16.7. The number of allylic oxidation sites excluding steroid dienone is 1. The molecular formula is C26H28N2O6S. The standard InChI is InChI=1S/C26H28N2O6S/c1-14(2)34-19-11-8-17(13-20(19)32-4)23-22(25(31)33-5)15(3)27-26-28(23)24(30)21(35-26)12-16-6-9-18(29)10-7-16/h6-14,23,26-27,29H,1-5H3/b21-12-. The van der Waals surface area contributed by atoms with Crippen LogP contribution in [-0.4, -0.2) is 47.7 Å². The van der Waals surface area contributed by atoms with Crippen LogP contribution in [0.2, 0.25) is 0 Å². The Labute approximate surface area is 208 Å². The maximum atomic E-state index is 13.6. The van der Waals surface area contributed by atoms with Crippen LogP contribution < -0.4 is 14.8 Å². The van der Waals surface area contributed by atoms with Gasteiger partial charge in [-0.25, -0.2) is 4.79 Å². The average molecular weight is 497 g/mol. The first-order valence-electron chi connectivity index (χ1n) is 11.1. The minimum absolute atomic E-state index is 0.0464. The number of benzene rings is 2. The summed E-state index contributed by atoms with van der Waals surface area (Å²) in [5.41, 5.74) is 2.05. The van der Waals surface area contributed by atoms with Crippen molar-refractivity contribution in [3.05, 3.63) is 69.8 Å². The predicted octanol–water partition coefficient (Wildman–Crippen LogP) is 4.18. The molecule has 2 aliphatic rings. The van der Waals surface area contributed by atoms with Crippen molar-refractivity contribution in [1.29, 1.82) is 0 Å². The number of thioether (sulfide) groups is 1. The molecule has 2 aliphatic heterocycles. The summed E-state index contributed by atoms with van der Waals surface area (Å²) in [6, 6.07) is 11.3. The van der Waals surface area contributed by atoms with Crippen LogP contribution >= 0.6 is 11.8 Å². The van der Waals surface area contributed by atoms with Gasteiger partial charge in [0.25, 0.3) is 5.91 Å². The molecule has 0 aliphatic carbocycles. The van der Waals surface area contributed by atoms with Gasteiger partial charge in [0.1, 0.15) is 5.75 Å². The highest BCUT2D eigenvalue weighted by molar-refractivity contribution is 8.05. The van der Waals surface area contributed by atoms with Crippen LogP contribution in [0.25, 0.3) is 6.08 Å². The van der Waals surface area contributed by atoms with Gasteiger partial charge in [0.15, 0.2) is 17.0 Å². The van der Waals surface area contributed by atoms with Crippen LogP contribution in [0, 0.1) is 0 Å². The van der Waals surface area contributed by atoms with Gasteiger partial charge in [0.2, 0.25) is 0 Å². The second-order valence-electron chi connectivity index (χ2n) is 8.44. The molecule has 0 bridgehead atoms. The van der Waals surface area contributed by atoms with Crippen molar-refractivity contribution in [2.24, 2.45) is 0 Å². The summed E-state index contributed by atoms with van der Waals surface area (Å²) in [6.45, 7) is 5.65. The third-order valence-electron chi connectivity index (χ3n) is 5.69. The summed E-state index contributed by atoms with van der Waals surface area (Å²) in [5, 5.41) is 12.8. The van der Waals surface area contributed by atoms with E-state index in [1.807, 2.05) is 19.9 Å². The number of phenols is 1. The zero-order valence-corrected chi connectivity index (χ0v) is 21.0. The summed E-state index contributed by atoms with van der Waals surface area (Å²) in [6.07, 6.45) is 1.73. The predicted molar refractivity (Wildman–Crippen MR) is 134 cm³/mol. The molecule has 0 spiro atoms. The number of nitrogens with one attached hydrogen (secondary N) is 1. The highest BCUT2D eigenvalue weighted by Crippen LogP contribution is 2.47. The summed E-state index contributed by atoms with van der Waals surface area (Å²) in [5.74, 6) is 0.493. The van der Waals surface area contributed by atoms with E-state index in [0.29, 0.717) is 33.2 Å². The van der Waals surface area contributed by atoms with Gasteiger partial charge in [-0.2, -0.15) is 0 Å². The highest BCUT2D eigenvalue weighted by atomic mass is 32.2. The Bertz CT molecular complexity index is 1200. The van der Waals surface area contributed by atoms with Gasteiger partial charge in [0, 0.05) is 5.70 Å². The van der Waals surface area contributed by atoms with Crippen LogP contribution in [0.4, 0.5) is 0 Å². The quantitative estimate of drug-likeness (QED) is 0.454. The third kappa shape index (κ3) is 4.81. The number of phenolic OH excluding ortho intramolecular Hbond substituents is 1. The summed E-state index contributed by atoms with van der Waals surface area (Å²) >= 11 is 1.37. The molecule has 0 saturated carbocycles. The number of hydrogen-bond donors (Lipinski definition) is 2. The molecule has 2 atom stereocenters. The summed E-state index contributed by atoms with van der Waals surface area (Å²) in [4.78, 5) is 28.7. The summed E-state index contributed by atoms with van der Waals surface area (Å²) in [7, 11) is 2.87. The van der Waals surface area contributed by atoms with Gasteiger partial charge in [-0.1, -0.05) is 30.0 Å². The number of rotatable bonds is 6. The fourth-order valence-electron chi connectivity index (χ4n) is 4.15. The zero-order chi connectivity index (χ0) is 25.3. The van der Waals surface area contributed by atoms with E-state index in [2.05, 4.69) is 5.32 Å². The number of esters is 1. The van der Waals surface area contributed by atoms with E-state index in [0.717, 1.165) is 5.56 Å². The Morgan fingerprint density at radius 3 is 2.49 bits per heavy atom. The average Bonchev–Trinajstić information content (AvgIpc) is 3.13. The molecule has 0 aromatic heterocycles. The topological polar surface area (TPSA) is 97.3 Å². The minimum Gasteiger partial charge on any atom is -0.508 e. The second kappa shape index (κ2) is 9.95. The molecule has 8 nitrogen and oxygen atoms in total. The van der Waals surface area contributed by atoms with Crippen molar-refractivity contribution in [3.8, 4) is 17.2 Å². The Morgan fingerprint density at radius 2 is 1.86 bits per heavy atom. The molecule has 0 radical (unpaired) electrons. The van der Waals surface area contributed by atoms with Crippen molar-refractivity contribution in [3.63, 3.8) is 0 Å². The van der Waals surface area contributed by atoms with Gasteiger partial charge >= 0.3 is 5.97 Å². The van der Waals surface area contributed by atoms with E-state index in [9.17, 15) is 14.7 Å². The van der Waals surface area contributed by atoms with Gasteiger partial charge in [-0.05, 0) is 62.2 Å². The Balaban J connectivity index is 1.79. The van der Waals surface area contributed by atoms with Crippen LogP contribution in [0.5, 0.6) is 17.2 Å². The van der Waals surface area contributed by atoms with E-state index in [4.69, 9.17) is 14.2 Å².